The van der Waals surface area contributed by atoms with E-state index in [-0.39, 0.29) is 18.2 Å². The molecular weight excluding hydrogens is 524 g/mol. The van der Waals surface area contributed by atoms with Crippen LogP contribution in [0.5, 0.6) is 0 Å². The standard InChI is InChI=1S/C27H30N4O5S2/c1-36-23-18-4-2-3-5-19(18)30-22(23)25(33)31-20(26(34)35)14-29-24(32)21-13-16-12-17(37-27(16)38-21)7-6-15-8-10-28-11-9-15/h2-5,12-13,15,20,23,28H,6-11,14H2,1H3,(H,29,32)(H,31,33)(H,34,35). The third-order valence-electron chi connectivity index (χ3n) is 6.99. The summed E-state index contributed by atoms with van der Waals surface area (Å²) in [5.74, 6) is -1.50. The second-order valence-corrected chi connectivity index (χ2v) is 12.0. The van der Waals surface area contributed by atoms with Crippen LogP contribution in [-0.2, 0) is 20.7 Å². The second kappa shape index (κ2) is 11.7. The van der Waals surface area contributed by atoms with E-state index in [0.29, 0.717) is 10.6 Å². The number of rotatable bonds is 10. The monoisotopic (exact) mass is 554 g/mol. The van der Waals surface area contributed by atoms with Crippen LogP contribution in [0.2, 0.25) is 0 Å². The summed E-state index contributed by atoms with van der Waals surface area (Å²) in [6.45, 7) is 1.95. The molecule has 200 valence electrons. The molecule has 4 N–H and O–H groups in total. The molecule has 1 aromatic carbocycles. The Morgan fingerprint density at radius 2 is 1.95 bits per heavy atom. The van der Waals surface area contributed by atoms with E-state index in [0.717, 1.165) is 40.4 Å². The number of aliphatic carboxylic acids is 1. The lowest BCUT2D eigenvalue weighted by Gasteiger charge is -2.22. The average molecular weight is 555 g/mol. The van der Waals surface area contributed by atoms with Crippen LogP contribution in [0.1, 0.15) is 45.5 Å². The maximum atomic E-state index is 12.9. The number of para-hydroxylation sites is 1. The van der Waals surface area contributed by atoms with Gasteiger partial charge >= 0.3 is 5.97 Å². The number of hydrogen-bond donors (Lipinski definition) is 4. The molecule has 2 amide bonds. The molecule has 2 aromatic heterocycles. The largest absolute Gasteiger partial charge is 0.480 e. The normalized spacial score (nSPS) is 18.1. The first-order chi connectivity index (χ1) is 18.4. The molecule has 0 aliphatic carbocycles. The number of aryl methyl sites for hydroxylation is 1. The summed E-state index contributed by atoms with van der Waals surface area (Å²) in [6, 6.07) is 9.88. The summed E-state index contributed by atoms with van der Waals surface area (Å²) in [7, 11) is 1.47. The zero-order valence-corrected chi connectivity index (χ0v) is 22.6. The average Bonchev–Trinajstić information content (AvgIpc) is 3.61. The minimum Gasteiger partial charge on any atom is -0.480 e. The molecule has 0 saturated carbocycles. The smallest absolute Gasteiger partial charge is 0.328 e. The summed E-state index contributed by atoms with van der Waals surface area (Å²) < 4.78 is 6.52. The van der Waals surface area contributed by atoms with Gasteiger partial charge in [-0.05, 0) is 62.9 Å². The van der Waals surface area contributed by atoms with Crippen molar-refractivity contribution >= 4 is 61.3 Å². The van der Waals surface area contributed by atoms with Crippen LogP contribution < -0.4 is 16.0 Å². The number of aliphatic imine (C=N–C) groups is 1. The number of carboxylic acid groups (broad SMARTS) is 1. The summed E-state index contributed by atoms with van der Waals surface area (Å²) in [5.41, 5.74) is 1.44. The number of nitrogens with one attached hydrogen (secondary N) is 3. The lowest BCUT2D eigenvalue weighted by molar-refractivity contribution is -0.140. The molecule has 2 aliphatic rings. The fourth-order valence-corrected chi connectivity index (χ4v) is 7.33. The first-order valence-corrected chi connectivity index (χ1v) is 14.3. The molecule has 2 unspecified atom stereocenters. The van der Waals surface area contributed by atoms with Gasteiger partial charge in [-0.2, -0.15) is 0 Å². The molecule has 1 saturated heterocycles. The van der Waals surface area contributed by atoms with E-state index >= 15 is 0 Å². The van der Waals surface area contributed by atoms with Crippen molar-refractivity contribution in [2.75, 3.05) is 26.7 Å². The van der Waals surface area contributed by atoms with Crippen LogP contribution in [0.25, 0.3) is 9.40 Å². The number of piperidine rings is 1. The lowest BCUT2D eigenvalue weighted by atomic mass is 9.93. The van der Waals surface area contributed by atoms with Crippen molar-refractivity contribution in [3.05, 3.63) is 51.7 Å². The summed E-state index contributed by atoms with van der Waals surface area (Å²) in [6.07, 6.45) is 4.03. The maximum Gasteiger partial charge on any atom is 0.328 e. The van der Waals surface area contributed by atoms with Gasteiger partial charge in [-0.3, -0.25) is 9.59 Å². The van der Waals surface area contributed by atoms with E-state index < -0.39 is 24.0 Å². The van der Waals surface area contributed by atoms with Gasteiger partial charge in [-0.15, -0.1) is 22.7 Å². The van der Waals surface area contributed by atoms with E-state index in [1.807, 2.05) is 18.2 Å². The minimum absolute atomic E-state index is 0.0840. The van der Waals surface area contributed by atoms with Gasteiger partial charge in [0.2, 0.25) is 0 Å². The Morgan fingerprint density at radius 3 is 2.68 bits per heavy atom. The maximum absolute atomic E-state index is 12.9. The molecule has 1 fully saturated rings. The molecule has 38 heavy (non-hydrogen) atoms. The van der Waals surface area contributed by atoms with E-state index in [2.05, 4.69) is 27.0 Å². The first kappa shape index (κ1) is 26.5. The fraction of sp³-hybridized carbons (Fsp3) is 0.407. The molecule has 3 aromatic rings. The number of hydrogen-bond acceptors (Lipinski definition) is 8. The quantitative estimate of drug-likeness (QED) is 0.303. The number of amides is 2. The van der Waals surface area contributed by atoms with Gasteiger partial charge in [0.15, 0.2) is 0 Å². The molecule has 0 bridgehead atoms. The van der Waals surface area contributed by atoms with Crippen LogP contribution in [0.3, 0.4) is 0 Å². The predicted octanol–water partition coefficient (Wildman–Crippen LogP) is 3.67. The first-order valence-electron chi connectivity index (χ1n) is 12.7. The third kappa shape index (κ3) is 5.80. The number of nitrogens with zero attached hydrogens (tertiary/aromatic N) is 1. The van der Waals surface area contributed by atoms with Crippen molar-refractivity contribution < 1.29 is 24.2 Å². The highest BCUT2D eigenvalue weighted by molar-refractivity contribution is 7.39. The molecule has 0 radical (unpaired) electrons. The van der Waals surface area contributed by atoms with Crippen LogP contribution in [-0.4, -0.2) is 61.4 Å². The van der Waals surface area contributed by atoms with E-state index in [4.69, 9.17) is 4.74 Å². The molecule has 2 aliphatic heterocycles. The molecular formula is C27H30N4O5S2. The summed E-state index contributed by atoms with van der Waals surface area (Å²) in [5, 5.41) is 19.2. The van der Waals surface area contributed by atoms with Gasteiger partial charge in [-0.25, -0.2) is 9.79 Å². The highest BCUT2D eigenvalue weighted by Gasteiger charge is 2.34. The molecule has 11 heteroatoms. The minimum atomic E-state index is -1.32. The number of methoxy groups -OCH3 is 1. The summed E-state index contributed by atoms with van der Waals surface area (Å²) >= 11 is 3.12. The Labute approximate surface area is 228 Å². The molecule has 2 atom stereocenters. The number of ether oxygens (including phenoxy) is 1. The third-order valence-corrected chi connectivity index (χ3v) is 9.44. The van der Waals surface area contributed by atoms with Gasteiger partial charge in [0, 0.05) is 29.5 Å². The number of carbonyl (C=O) groups excluding carboxylic acids is 2. The van der Waals surface area contributed by atoms with Crippen molar-refractivity contribution in [2.45, 2.75) is 37.8 Å². The van der Waals surface area contributed by atoms with Crippen molar-refractivity contribution in [1.29, 1.82) is 0 Å². The highest BCUT2D eigenvalue weighted by atomic mass is 32.2. The van der Waals surface area contributed by atoms with Crippen molar-refractivity contribution in [2.24, 2.45) is 10.9 Å². The Bertz CT molecular complexity index is 1340. The number of benzene rings is 1. The van der Waals surface area contributed by atoms with Gasteiger partial charge in [-0.1, -0.05) is 18.2 Å². The second-order valence-electron chi connectivity index (χ2n) is 9.54. The molecule has 5 rings (SSSR count). The Hall–Kier alpha value is -3.12. The molecule has 0 spiro atoms. The van der Waals surface area contributed by atoms with E-state index in [9.17, 15) is 19.5 Å². The number of carboxylic acids is 1. The van der Waals surface area contributed by atoms with E-state index in [1.165, 1.54) is 42.6 Å². The predicted molar refractivity (Wildman–Crippen MR) is 149 cm³/mol. The fourth-order valence-electron chi connectivity index (χ4n) is 4.91. The topological polar surface area (TPSA) is 129 Å². The van der Waals surface area contributed by atoms with Crippen LogP contribution in [0.4, 0.5) is 5.69 Å². The highest BCUT2D eigenvalue weighted by Crippen LogP contribution is 2.36. The van der Waals surface area contributed by atoms with Crippen molar-refractivity contribution in [3.63, 3.8) is 0 Å². The van der Waals surface area contributed by atoms with Gasteiger partial charge < -0.3 is 25.8 Å². The Balaban J connectivity index is 1.16. The Kier molecular flexibility index (Phi) is 8.18. The number of thiophene rings is 2. The number of fused-ring (bicyclic) bond motifs is 2. The lowest BCUT2D eigenvalue weighted by Crippen LogP contribution is -2.50. The zero-order chi connectivity index (χ0) is 26.6. The van der Waals surface area contributed by atoms with Crippen molar-refractivity contribution in [3.8, 4) is 0 Å². The van der Waals surface area contributed by atoms with Gasteiger partial charge in [0.05, 0.1) is 14.6 Å². The van der Waals surface area contributed by atoms with Gasteiger partial charge in [0.25, 0.3) is 11.8 Å². The summed E-state index contributed by atoms with van der Waals surface area (Å²) in [4.78, 5) is 43.7. The van der Waals surface area contributed by atoms with Crippen LogP contribution in [0, 0.1) is 5.92 Å². The zero-order valence-electron chi connectivity index (χ0n) is 21.0. The van der Waals surface area contributed by atoms with Gasteiger partial charge in [0.1, 0.15) is 17.9 Å². The SMILES string of the molecule is COC1C(C(=O)NC(CNC(=O)c2cc3cc(CCC4CCNCC4)sc3s2)C(=O)O)=Nc2ccccc21. The molecule has 4 heterocycles. The Morgan fingerprint density at radius 1 is 1.16 bits per heavy atom. The van der Waals surface area contributed by atoms with Crippen molar-refractivity contribution in [1.82, 2.24) is 16.0 Å². The van der Waals surface area contributed by atoms with E-state index in [1.54, 1.807) is 23.5 Å². The van der Waals surface area contributed by atoms with Crippen LogP contribution in [0.15, 0.2) is 41.4 Å². The van der Waals surface area contributed by atoms with Crippen LogP contribution >= 0.6 is 22.7 Å². The molecule has 9 nitrogen and oxygen atoms in total. The number of carbonyl (C=O) groups is 3.